The second kappa shape index (κ2) is 12.7. The SMILES string of the molecule is CCCCC(CC)COP(C)(=O)OCC(CC)CCCC. The topological polar surface area (TPSA) is 35.5 Å². The fraction of sp³-hybridized carbons (Fsp3) is 1.00. The van der Waals surface area contributed by atoms with Crippen molar-refractivity contribution in [3.8, 4) is 0 Å². The van der Waals surface area contributed by atoms with Gasteiger partial charge in [0, 0.05) is 6.66 Å². The molecule has 0 fully saturated rings. The summed E-state index contributed by atoms with van der Waals surface area (Å²) in [6.07, 6.45) is 9.29. The lowest BCUT2D eigenvalue weighted by molar-refractivity contribution is 0.154. The summed E-state index contributed by atoms with van der Waals surface area (Å²) in [7, 11) is -2.89. The molecule has 0 aromatic rings. The molecule has 0 N–H and O–H groups in total. The van der Waals surface area contributed by atoms with Gasteiger partial charge < -0.3 is 9.05 Å². The van der Waals surface area contributed by atoms with Gasteiger partial charge in [-0.2, -0.15) is 0 Å². The van der Waals surface area contributed by atoms with Gasteiger partial charge in [-0.1, -0.05) is 66.2 Å². The molecule has 21 heavy (non-hydrogen) atoms. The standard InChI is InChI=1S/C17H37O3P/c1-6-10-12-16(8-3)14-19-21(5,18)20-15-17(9-4)13-11-7-2/h16-17H,6-15H2,1-5H3. The Morgan fingerprint density at radius 1 is 0.810 bits per heavy atom. The van der Waals surface area contributed by atoms with E-state index in [0.717, 1.165) is 25.7 Å². The third-order valence-corrected chi connectivity index (χ3v) is 5.41. The maximum absolute atomic E-state index is 12.4. The minimum absolute atomic E-state index is 0.504. The van der Waals surface area contributed by atoms with Crippen LogP contribution in [0.25, 0.3) is 0 Å². The Hall–Kier alpha value is 0.150. The van der Waals surface area contributed by atoms with E-state index in [1.165, 1.54) is 25.7 Å². The van der Waals surface area contributed by atoms with E-state index in [-0.39, 0.29) is 0 Å². The van der Waals surface area contributed by atoms with E-state index >= 15 is 0 Å². The Bertz CT molecular complexity index is 257. The highest BCUT2D eigenvalue weighted by atomic mass is 31.2. The van der Waals surface area contributed by atoms with Crippen molar-refractivity contribution in [1.82, 2.24) is 0 Å². The van der Waals surface area contributed by atoms with E-state index in [9.17, 15) is 4.57 Å². The van der Waals surface area contributed by atoms with Crippen molar-refractivity contribution in [3.05, 3.63) is 0 Å². The van der Waals surface area contributed by atoms with Crippen molar-refractivity contribution in [3.63, 3.8) is 0 Å². The third-order valence-electron chi connectivity index (χ3n) is 4.18. The number of unbranched alkanes of at least 4 members (excludes halogenated alkanes) is 2. The smallest absolute Gasteiger partial charge is 0.308 e. The van der Waals surface area contributed by atoms with Gasteiger partial charge in [0.05, 0.1) is 13.2 Å². The molecule has 0 aliphatic heterocycles. The van der Waals surface area contributed by atoms with E-state index in [4.69, 9.17) is 9.05 Å². The molecular formula is C17H37O3P. The summed E-state index contributed by atoms with van der Waals surface area (Å²) in [5, 5.41) is 0. The number of hydrogen-bond donors (Lipinski definition) is 0. The highest BCUT2D eigenvalue weighted by Gasteiger charge is 2.21. The molecule has 0 bridgehead atoms. The Labute approximate surface area is 132 Å². The van der Waals surface area contributed by atoms with Crippen molar-refractivity contribution in [2.45, 2.75) is 79.1 Å². The van der Waals surface area contributed by atoms with E-state index in [1.807, 2.05) is 0 Å². The van der Waals surface area contributed by atoms with Gasteiger partial charge in [-0.3, -0.25) is 4.57 Å². The maximum atomic E-state index is 12.4. The van der Waals surface area contributed by atoms with Crippen molar-refractivity contribution in [1.29, 1.82) is 0 Å². The Morgan fingerprint density at radius 2 is 1.19 bits per heavy atom. The monoisotopic (exact) mass is 320 g/mol. The van der Waals surface area contributed by atoms with Crippen molar-refractivity contribution in [2.75, 3.05) is 19.9 Å². The van der Waals surface area contributed by atoms with Crippen LogP contribution in [0.3, 0.4) is 0 Å². The van der Waals surface area contributed by atoms with Crippen LogP contribution < -0.4 is 0 Å². The normalized spacial score (nSPS) is 17.4. The predicted molar refractivity (Wildman–Crippen MR) is 92.0 cm³/mol. The summed E-state index contributed by atoms with van der Waals surface area (Å²) in [6.45, 7) is 11.5. The molecule has 0 radical (unpaired) electrons. The van der Waals surface area contributed by atoms with Crippen LogP contribution in [0.5, 0.6) is 0 Å². The molecule has 0 heterocycles. The molecule has 0 aromatic heterocycles. The average molecular weight is 320 g/mol. The van der Waals surface area contributed by atoms with Crippen molar-refractivity contribution < 1.29 is 13.6 Å². The fourth-order valence-electron chi connectivity index (χ4n) is 2.32. The van der Waals surface area contributed by atoms with Crippen LogP contribution in [0, 0.1) is 11.8 Å². The zero-order valence-electron chi connectivity index (χ0n) is 14.9. The largest absolute Gasteiger partial charge is 0.327 e. The quantitative estimate of drug-likeness (QED) is 0.353. The molecule has 0 amide bonds. The minimum Gasteiger partial charge on any atom is -0.308 e. The predicted octanol–water partition coefficient (Wildman–Crippen LogP) is 6.28. The second-order valence-electron chi connectivity index (χ2n) is 6.20. The molecule has 2 atom stereocenters. The lowest BCUT2D eigenvalue weighted by Gasteiger charge is -2.21. The van der Waals surface area contributed by atoms with E-state index < -0.39 is 7.60 Å². The zero-order valence-corrected chi connectivity index (χ0v) is 15.8. The van der Waals surface area contributed by atoms with Crippen LogP contribution in [0.1, 0.15) is 79.1 Å². The summed E-state index contributed by atoms with van der Waals surface area (Å²) in [6, 6.07) is 0. The van der Waals surface area contributed by atoms with Crippen molar-refractivity contribution in [2.24, 2.45) is 11.8 Å². The Balaban J connectivity index is 4.08. The van der Waals surface area contributed by atoms with Gasteiger partial charge in [-0.15, -0.1) is 0 Å². The van der Waals surface area contributed by atoms with Crippen LogP contribution in [0.4, 0.5) is 0 Å². The zero-order chi connectivity index (χ0) is 16.1. The van der Waals surface area contributed by atoms with E-state index in [1.54, 1.807) is 6.66 Å². The fourth-order valence-corrected chi connectivity index (χ4v) is 3.35. The third kappa shape index (κ3) is 11.4. The van der Waals surface area contributed by atoms with Gasteiger partial charge in [-0.05, 0) is 24.7 Å². The molecule has 0 aromatic carbocycles. The first kappa shape index (κ1) is 21.1. The summed E-state index contributed by atoms with van der Waals surface area (Å²) in [4.78, 5) is 0. The van der Waals surface area contributed by atoms with Crippen LogP contribution in [-0.2, 0) is 13.6 Å². The Kier molecular flexibility index (Phi) is 12.8. The molecule has 0 rings (SSSR count). The molecule has 0 saturated heterocycles. The first-order valence-electron chi connectivity index (χ1n) is 8.85. The second-order valence-corrected chi connectivity index (χ2v) is 8.25. The van der Waals surface area contributed by atoms with Gasteiger partial charge >= 0.3 is 7.60 Å². The number of rotatable bonds is 14. The molecule has 0 aliphatic rings. The van der Waals surface area contributed by atoms with Crippen molar-refractivity contribution >= 4 is 7.60 Å². The first-order chi connectivity index (χ1) is 9.99. The summed E-state index contributed by atoms with van der Waals surface area (Å²) < 4.78 is 23.6. The highest BCUT2D eigenvalue weighted by Crippen LogP contribution is 2.45. The lowest BCUT2D eigenvalue weighted by Crippen LogP contribution is -2.11. The van der Waals surface area contributed by atoms with Crippen LogP contribution in [0.2, 0.25) is 0 Å². The molecule has 4 heteroatoms. The summed E-state index contributed by atoms with van der Waals surface area (Å²) in [5.74, 6) is 1.01. The van der Waals surface area contributed by atoms with Gasteiger partial charge in [0.25, 0.3) is 0 Å². The van der Waals surface area contributed by atoms with Gasteiger partial charge in [-0.25, -0.2) is 0 Å². The Morgan fingerprint density at radius 3 is 1.48 bits per heavy atom. The molecule has 0 saturated carbocycles. The maximum Gasteiger partial charge on any atom is 0.327 e. The molecule has 0 spiro atoms. The minimum atomic E-state index is -2.89. The molecule has 2 unspecified atom stereocenters. The van der Waals surface area contributed by atoms with Gasteiger partial charge in [0.15, 0.2) is 0 Å². The summed E-state index contributed by atoms with van der Waals surface area (Å²) in [5.41, 5.74) is 0. The van der Waals surface area contributed by atoms with Crippen LogP contribution >= 0.6 is 7.60 Å². The van der Waals surface area contributed by atoms with Gasteiger partial charge in [0.1, 0.15) is 0 Å². The number of hydrogen-bond acceptors (Lipinski definition) is 3. The molecular weight excluding hydrogens is 283 g/mol. The summed E-state index contributed by atoms with van der Waals surface area (Å²) >= 11 is 0. The van der Waals surface area contributed by atoms with Gasteiger partial charge in [0.2, 0.25) is 0 Å². The molecule has 0 aliphatic carbocycles. The van der Waals surface area contributed by atoms with Crippen LogP contribution in [0.15, 0.2) is 0 Å². The molecule has 3 nitrogen and oxygen atoms in total. The van der Waals surface area contributed by atoms with E-state index in [0.29, 0.717) is 25.0 Å². The highest BCUT2D eigenvalue weighted by molar-refractivity contribution is 7.52. The lowest BCUT2D eigenvalue weighted by atomic mass is 10.0. The average Bonchev–Trinajstić information content (AvgIpc) is 2.47. The van der Waals surface area contributed by atoms with Crippen LogP contribution in [-0.4, -0.2) is 19.9 Å². The first-order valence-corrected chi connectivity index (χ1v) is 10.8. The van der Waals surface area contributed by atoms with E-state index in [2.05, 4.69) is 27.7 Å². The molecule has 128 valence electrons.